The van der Waals surface area contributed by atoms with Crippen LogP contribution < -0.4 is 11.1 Å². The van der Waals surface area contributed by atoms with Gasteiger partial charge in [0.05, 0.1) is 12.4 Å². The SMILES string of the molecule is CC1(C)C[C@H](N)C[C@@H]2CCCN21.CC1(C)C[C@H](Nc2nc(Cl)ncc2F)C[C@@H]2CCCN21.Fc1cnc(Cl)nc1Cl. The summed E-state index contributed by atoms with van der Waals surface area (Å²) in [4.78, 5) is 19.5. The van der Waals surface area contributed by atoms with E-state index in [4.69, 9.17) is 40.5 Å². The number of piperidine rings is 2. The molecule has 4 fully saturated rings. The number of fused-ring (bicyclic) bond motifs is 2. The summed E-state index contributed by atoms with van der Waals surface area (Å²) in [5, 5.41) is 2.99. The number of hydrogen-bond acceptors (Lipinski definition) is 8. The largest absolute Gasteiger partial charge is 0.365 e. The van der Waals surface area contributed by atoms with E-state index >= 15 is 0 Å². The number of nitrogens with one attached hydrogen (secondary N) is 1. The Balaban J connectivity index is 0.000000156. The summed E-state index contributed by atoms with van der Waals surface area (Å²) >= 11 is 16.2. The Kier molecular flexibility index (Phi) is 10.7. The molecule has 0 aliphatic carbocycles. The number of rotatable bonds is 2. The van der Waals surface area contributed by atoms with Crippen LogP contribution in [-0.4, -0.2) is 78.1 Å². The molecule has 0 aromatic carbocycles. The number of aromatic nitrogens is 4. The quantitative estimate of drug-likeness (QED) is 0.292. The Bertz CT molecular complexity index is 1190. The van der Waals surface area contributed by atoms with Crippen LogP contribution in [0.25, 0.3) is 0 Å². The maximum absolute atomic E-state index is 13.7. The van der Waals surface area contributed by atoms with Crippen molar-refractivity contribution in [2.24, 2.45) is 5.73 Å². The van der Waals surface area contributed by atoms with Crippen molar-refractivity contribution in [3.8, 4) is 0 Å². The first-order valence-corrected chi connectivity index (χ1v) is 15.5. The smallest absolute Gasteiger partial charge is 0.224 e. The summed E-state index contributed by atoms with van der Waals surface area (Å²) in [5.41, 5.74) is 6.54. The van der Waals surface area contributed by atoms with Gasteiger partial charge in [-0.05, 0) is 115 Å². The third-order valence-corrected chi connectivity index (χ3v) is 9.31. The molecule has 0 radical (unpaired) electrons. The lowest BCUT2D eigenvalue weighted by atomic mass is 9.84. The van der Waals surface area contributed by atoms with Gasteiger partial charge in [-0.3, -0.25) is 9.80 Å². The van der Waals surface area contributed by atoms with Gasteiger partial charge in [-0.2, -0.15) is 4.98 Å². The Labute approximate surface area is 256 Å². The second-order valence-corrected chi connectivity index (χ2v) is 13.7. The summed E-state index contributed by atoms with van der Waals surface area (Å²) < 4.78 is 25.9. The van der Waals surface area contributed by atoms with Crippen LogP contribution >= 0.6 is 34.8 Å². The summed E-state index contributed by atoms with van der Waals surface area (Å²) in [6.45, 7) is 11.7. The minimum atomic E-state index is -0.666. The van der Waals surface area contributed by atoms with Gasteiger partial charge in [-0.1, -0.05) is 11.6 Å². The lowest BCUT2D eigenvalue weighted by Crippen LogP contribution is -2.55. The molecular formula is C28H41Cl3F2N8. The van der Waals surface area contributed by atoms with E-state index < -0.39 is 11.6 Å². The zero-order valence-corrected chi connectivity index (χ0v) is 26.5. The molecule has 13 heteroatoms. The first kappa shape index (κ1) is 32.5. The highest BCUT2D eigenvalue weighted by Gasteiger charge is 2.43. The molecule has 6 rings (SSSR count). The molecule has 4 aliphatic heterocycles. The number of nitrogens with two attached hydrogens (primary N) is 1. The first-order chi connectivity index (χ1) is 19.2. The second kappa shape index (κ2) is 13.5. The van der Waals surface area contributed by atoms with E-state index in [9.17, 15) is 8.78 Å². The molecule has 8 nitrogen and oxygen atoms in total. The molecule has 228 valence electrons. The van der Waals surface area contributed by atoms with Gasteiger partial charge in [0.15, 0.2) is 22.6 Å². The van der Waals surface area contributed by atoms with Gasteiger partial charge < -0.3 is 11.1 Å². The maximum atomic E-state index is 13.7. The molecule has 0 unspecified atom stereocenters. The highest BCUT2D eigenvalue weighted by molar-refractivity contribution is 6.31. The van der Waals surface area contributed by atoms with Crippen LogP contribution in [0.3, 0.4) is 0 Å². The fourth-order valence-corrected chi connectivity index (χ4v) is 7.59. The number of halogens is 5. The number of hydrogen-bond donors (Lipinski definition) is 2. The maximum Gasteiger partial charge on any atom is 0.224 e. The van der Waals surface area contributed by atoms with Crippen LogP contribution in [0.5, 0.6) is 0 Å². The van der Waals surface area contributed by atoms with Crippen LogP contribution in [0.2, 0.25) is 15.7 Å². The fraction of sp³-hybridized carbons (Fsp3) is 0.714. The molecule has 2 aromatic heterocycles. The molecule has 6 heterocycles. The highest BCUT2D eigenvalue weighted by atomic mass is 35.5. The van der Waals surface area contributed by atoms with Crippen molar-refractivity contribution in [3.05, 3.63) is 39.7 Å². The van der Waals surface area contributed by atoms with E-state index in [0.717, 1.165) is 31.3 Å². The van der Waals surface area contributed by atoms with Crippen molar-refractivity contribution >= 4 is 40.6 Å². The van der Waals surface area contributed by atoms with Gasteiger partial charge in [-0.25, -0.2) is 23.7 Å². The second-order valence-electron chi connectivity index (χ2n) is 12.7. The third-order valence-electron chi connectivity index (χ3n) is 8.68. The summed E-state index contributed by atoms with van der Waals surface area (Å²) in [6, 6.07) is 2.06. The molecule has 3 N–H and O–H groups in total. The molecule has 4 aliphatic rings. The van der Waals surface area contributed by atoms with Crippen molar-refractivity contribution in [1.82, 2.24) is 29.7 Å². The monoisotopic (exact) mass is 632 g/mol. The zero-order chi connectivity index (χ0) is 29.9. The van der Waals surface area contributed by atoms with Gasteiger partial charge in [0.2, 0.25) is 10.6 Å². The van der Waals surface area contributed by atoms with Crippen LogP contribution in [0.1, 0.15) is 79.1 Å². The van der Waals surface area contributed by atoms with Crippen molar-refractivity contribution in [2.45, 2.75) is 114 Å². The fourth-order valence-electron chi connectivity index (χ4n) is 7.16. The van der Waals surface area contributed by atoms with Crippen LogP contribution in [0.4, 0.5) is 14.6 Å². The third kappa shape index (κ3) is 8.36. The van der Waals surface area contributed by atoms with Gasteiger partial charge in [0, 0.05) is 35.2 Å². The van der Waals surface area contributed by atoms with Crippen molar-refractivity contribution in [3.63, 3.8) is 0 Å². The topological polar surface area (TPSA) is 96.1 Å². The van der Waals surface area contributed by atoms with Gasteiger partial charge in [-0.15, -0.1) is 0 Å². The van der Waals surface area contributed by atoms with Crippen molar-refractivity contribution in [1.29, 1.82) is 0 Å². The average molecular weight is 634 g/mol. The molecular weight excluding hydrogens is 593 g/mol. The van der Waals surface area contributed by atoms with Gasteiger partial charge in [0.1, 0.15) is 0 Å². The van der Waals surface area contributed by atoms with E-state index in [-0.39, 0.29) is 33.1 Å². The predicted molar refractivity (Wildman–Crippen MR) is 160 cm³/mol. The summed E-state index contributed by atoms with van der Waals surface area (Å²) in [6.07, 6.45) is 11.7. The zero-order valence-electron chi connectivity index (χ0n) is 24.2. The van der Waals surface area contributed by atoms with E-state index in [1.165, 1.54) is 51.6 Å². The van der Waals surface area contributed by atoms with Crippen molar-refractivity contribution in [2.75, 3.05) is 18.4 Å². The molecule has 2 aromatic rings. The lowest BCUT2D eigenvalue weighted by Gasteiger charge is -2.47. The molecule has 4 saturated heterocycles. The van der Waals surface area contributed by atoms with Crippen molar-refractivity contribution < 1.29 is 8.78 Å². The highest BCUT2D eigenvalue weighted by Crippen LogP contribution is 2.39. The lowest BCUT2D eigenvalue weighted by molar-refractivity contribution is 0.0462. The average Bonchev–Trinajstić information content (AvgIpc) is 3.55. The molecule has 0 amide bonds. The standard InChI is InChI=1S/C14H20ClFN4.C10H20N2.C4HCl2FN2/c1-14(2)7-9(6-10-4-3-5-20(10)14)18-12-11(16)8-17-13(15)19-12;1-10(2)7-8(11)6-9-4-3-5-12(9)10;5-3-2(7)1-8-4(6)9-3/h8-10H,3-7H2,1-2H3,(H,17,18,19);8-9H,3-7,11H2,1-2H3;1H/t9-,10+;8-,9+;/m11./s1. The molecule has 4 atom stereocenters. The van der Waals surface area contributed by atoms with E-state index in [2.05, 4.69) is 62.7 Å². The van der Waals surface area contributed by atoms with Gasteiger partial charge in [0.25, 0.3) is 0 Å². The minimum absolute atomic E-state index is 0.0543. The summed E-state index contributed by atoms with van der Waals surface area (Å²) in [5.74, 6) is -0.889. The van der Waals surface area contributed by atoms with Crippen LogP contribution in [0, 0.1) is 11.6 Å². The van der Waals surface area contributed by atoms with Crippen LogP contribution in [-0.2, 0) is 0 Å². The summed E-state index contributed by atoms with van der Waals surface area (Å²) in [7, 11) is 0. The first-order valence-electron chi connectivity index (χ1n) is 14.3. The molecule has 0 spiro atoms. The Morgan fingerprint density at radius 3 is 1.95 bits per heavy atom. The molecule has 0 bridgehead atoms. The van der Waals surface area contributed by atoms with E-state index in [0.29, 0.717) is 17.6 Å². The number of anilines is 1. The van der Waals surface area contributed by atoms with E-state index in [1.54, 1.807) is 0 Å². The normalized spacial score (nSPS) is 28.4. The van der Waals surface area contributed by atoms with E-state index in [1.807, 2.05) is 0 Å². The Morgan fingerprint density at radius 2 is 1.37 bits per heavy atom. The minimum Gasteiger partial charge on any atom is -0.365 e. The van der Waals surface area contributed by atoms with Crippen LogP contribution in [0.15, 0.2) is 12.4 Å². The predicted octanol–water partition coefficient (Wildman–Crippen LogP) is 6.36. The van der Waals surface area contributed by atoms with Gasteiger partial charge >= 0.3 is 0 Å². The number of nitrogens with zero attached hydrogens (tertiary/aromatic N) is 6. The molecule has 0 saturated carbocycles. The molecule has 41 heavy (non-hydrogen) atoms. The Morgan fingerprint density at radius 1 is 0.829 bits per heavy atom. The Hall–Kier alpha value is -1.43.